The van der Waals surface area contributed by atoms with Crippen molar-refractivity contribution in [2.45, 2.75) is 12.7 Å². The number of carbonyl (C=O) groups is 1. The van der Waals surface area contributed by atoms with Gasteiger partial charge in [0.2, 0.25) is 5.13 Å². The summed E-state index contributed by atoms with van der Waals surface area (Å²) < 4.78 is 48.4. The second kappa shape index (κ2) is 8.80. The van der Waals surface area contributed by atoms with Crippen LogP contribution in [0.15, 0.2) is 35.7 Å². The third-order valence-electron chi connectivity index (χ3n) is 4.49. The van der Waals surface area contributed by atoms with Gasteiger partial charge in [-0.15, -0.1) is 11.3 Å². The van der Waals surface area contributed by atoms with E-state index in [1.165, 1.54) is 17.4 Å². The topological polar surface area (TPSA) is 67.4 Å². The Bertz CT molecular complexity index is 1030. The second-order valence-electron chi connectivity index (χ2n) is 6.64. The Morgan fingerprint density at radius 1 is 1.23 bits per heavy atom. The number of hydrogen-bond donors (Lipinski definition) is 1. The monoisotopic (exact) mass is 454 g/mol. The van der Waals surface area contributed by atoms with Gasteiger partial charge < -0.3 is 4.74 Å². The highest BCUT2D eigenvalue weighted by atomic mass is 32.1. The van der Waals surface area contributed by atoms with Crippen LogP contribution in [0.5, 0.6) is 0 Å². The molecule has 6 nitrogen and oxygen atoms in total. The molecular formula is C19H17F3N4O2S2. The van der Waals surface area contributed by atoms with Crippen LogP contribution >= 0.6 is 22.9 Å². The van der Waals surface area contributed by atoms with Crippen molar-refractivity contribution < 1.29 is 22.7 Å². The first-order valence-corrected chi connectivity index (χ1v) is 10.7. The number of hydrogen-bond acceptors (Lipinski definition) is 7. The van der Waals surface area contributed by atoms with Gasteiger partial charge in [0.15, 0.2) is 5.82 Å². The Morgan fingerprint density at radius 3 is 2.80 bits per heavy atom. The van der Waals surface area contributed by atoms with Crippen LogP contribution < -0.4 is 5.32 Å². The zero-order chi connectivity index (χ0) is 21.1. The molecule has 1 amide bonds. The lowest BCUT2D eigenvalue weighted by Crippen LogP contribution is -2.35. The highest BCUT2D eigenvalue weighted by Gasteiger charge is 2.30. The van der Waals surface area contributed by atoms with E-state index in [-0.39, 0.29) is 5.91 Å². The number of halogens is 3. The van der Waals surface area contributed by atoms with E-state index in [4.69, 9.17) is 4.74 Å². The number of benzene rings is 1. The Balaban J connectivity index is 1.41. The fourth-order valence-electron chi connectivity index (χ4n) is 2.95. The van der Waals surface area contributed by atoms with Gasteiger partial charge in [0.1, 0.15) is 0 Å². The fraction of sp³-hybridized carbons (Fsp3) is 0.316. The molecule has 0 unspecified atom stereocenters. The summed E-state index contributed by atoms with van der Waals surface area (Å²) in [5.41, 5.74) is 0.0518. The minimum Gasteiger partial charge on any atom is -0.379 e. The van der Waals surface area contributed by atoms with Gasteiger partial charge in [-0.1, -0.05) is 12.1 Å². The van der Waals surface area contributed by atoms with Crippen LogP contribution in [0.1, 0.15) is 21.7 Å². The van der Waals surface area contributed by atoms with E-state index < -0.39 is 11.7 Å². The molecule has 1 N–H and O–H groups in total. The number of anilines is 1. The maximum absolute atomic E-state index is 12.9. The van der Waals surface area contributed by atoms with Gasteiger partial charge in [0.05, 0.1) is 30.9 Å². The third-order valence-corrected chi connectivity index (χ3v) is 6.14. The maximum Gasteiger partial charge on any atom is 0.416 e. The number of carbonyl (C=O) groups excluding carboxylic acids is 1. The van der Waals surface area contributed by atoms with Gasteiger partial charge in [-0.25, -0.2) is 4.98 Å². The predicted octanol–water partition coefficient (Wildman–Crippen LogP) is 4.37. The van der Waals surface area contributed by atoms with Crippen LogP contribution in [0.4, 0.5) is 18.3 Å². The largest absolute Gasteiger partial charge is 0.416 e. The van der Waals surface area contributed by atoms with Gasteiger partial charge in [-0.2, -0.15) is 17.5 Å². The first-order valence-electron chi connectivity index (χ1n) is 9.09. The van der Waals surface area contributed by atoms with Crippen LogP contribution in [-0.4, -0.2) is 46.5 Å². The Morgan fingerprint density at radius 2 is 2.03 bits per heavy atom. The molecule has 3 aromatic rings. The van der Waals surface area contributed by atoms with E-state index in [0.29, 0.717) is 46.7 Å². The molecular weight excluding hydrogens is 437 g/mol. The summed E-state index contributed by atoms with van der Waals surface area (Å²) in [5, 5.41) is 4.70. The maximum atomic E-state index is 12.9. The van der Waals surface area contributed by atoms with Crippen LogP contribution in [0.3, 0.4) is 0 Å². The smallest absolute Gasteiger partial charge is 0.379 e. The molecule has 0 spiro atoms. The molecule has 0 radical (unpaired) electrons. The van der Waals surface area contributed by atoms with Crippen molar-refractivity contribution in [2.24, 2.45) is 0 Å². The molecule has 158 valence electrons. The highest BCUT2D eigenvalue weighted by Crippen LogP contribution is 2.34. The van der Waals surface area contributed by atoms with E-state index in [9.17, 15) is 18.0 Å². The first kappa shape index (κ1) is 20.9. The van der Waals surface area contributed by atoms with Crippen molar-refractivity contribution in [1.29, 1.82) is 0 Å². The average Bonchev–Trinajstić information content (AvgIpc) is 3.38. The standard InChI is InChI=1S/C19H17F3N4O2S2/c20-19(21,22)14-3-1-2-12(8-14)15-9-13(11-29-15)17(27)24-18-23-16(25-30-18)10-26-4-6-28-7-5-26/h1-3,8-9,11H,4-7,10H2,(H,23,24,25,27). The molecule has 1 saturated heterocycles. The van der Waals surface area contributed by atoms with E-state index in [2.05, 4.69) is 19.6 Å². The molecule has 30 heavy (non-hydrogen) atoms. The number of nitrogens with zero attached hydrogens (tertiary/aromatic N) is 3. The summed E-state index contributed by atoms with van der Waals surface area (Å²) in [6, 6.07) is 6.62. The number of rotatable bonds is 5. The zero-order valence-corrected chi connectivity index (χ0v) is 17.2. The van der Waals surface area contributed by atoms with Crippen molar-refractivity contribution in [3.63, 3.8) is 0 Å². The number of aromatic nitrogens is 2. The lowest BCUT2D eigenvalue weighted by Gasteiger charge is -2.25. The molecule has 1 aliphatic rings. The SMILES string of the molecule is O=C(Nc1nc(CN2CCOCC2)ns1)c1csc(-c2cccc(C(F)(F)F)c2)c1. The molecule has 1 aromatic carbocycles. The summed E-state index contributed by atoms with van der Waals surface area (Å²) in [4.78, 5) is 19.6. The Labute approximate surface area is 178 Å². The summed E-state index contributed by atoms with van der Waals surface area (Å²) in [6.07, 6.45) is -4.41. The molecule has 2 aromatic heterocycles. The van der Waals surface area contributed by atoms with Crippen molar-refractivity contribution >= 4 is 33.9 Å². The second-order valence-corrected chi connectivity index (χ2v) is 8.30. The molecule has 0 saturated carbocycles. The van der Waals surface area contributed by atoms with Crippen molar-refractivity contribution in [3.8, 4) is 10.4 Å². The van der Waals surface area contributed by atoms with Gasteiger partial charge >= 0.3 is 6.18 Å². The summed E-state index contributed by atoms with van der Waals surface area (Å²) in [6.45, 7) is 3.58. The molecule has 0 atom stereocenters. The van der Waals surface area contributed by atoms with Gasteiger partial charge in [-0.3, -0.25) is 15.0 Å². The Hall–Kier alpha value is -2.34. The van der Waals surface area contributed by atoms with Gasteiger partial charge in [0, 0.05) is 34.9 Å². The van der Waals surface area contributed by atoms with E-state index in [1.807, 2.05) is 0 Å². The van der Waals surface area contributed by atoms with Gasteiger partial charge in [0.25, 0.3) is 5.91 Å². The average molecular weight is 454 g/mol. The van der Waals surface area contributed by atoms with Crippen molar-refractivity contribution in [2.75, 3.05) is 31.6 Å². The van der Waals surface area contributed by atoms with Crippen LogP contribution in [0, 0.1) is 0 Å². The molecule has 11 heteroatoms. The van der Waals surface area contributed by atoms with Crippen molar-refractivity contribution in [1.82, 2.24) is 14.3 Å². The number of morpholine rings is 1. The first-order chi connectivity index (χ1) is 14.4. The molecule has 3 heterocycles. The van der Waals surface area contributed by atoms with Crippen LogP contribution in [0.25, 0.3) is 10.4 Å². The molecule has 1 aliphatic heterocycles. The van der Waals surface area contributed by atoms with Gasteiger partial charge in [-0.05, 0) is 23.8 Å². The van der Waals surface area contributed by atoms with E-state index in [0.717, 1.165) is 36.8 Å². The quantitative estimate of drug-likeness (QED) is 0.620. The summed E-state index contributed by atoms with van der Waals surface area (Å²) >= 11 is 2.31. The summed E-state index contributed by atoms with van der Waals surface area (Å²) in [7, 11) is 0. The lowest BCUT2D eigenvalue weighted by molar-refractivity contribution is -0.137. The number of alkyl halides is 3. The number of amides is 1. The fourth-order valence-corrected chi connectivity index (χ4v) is 4.42. The van der Waals surface area contributed by atoms with E-state index >= 15 is 0 Å². The zero-order valence-electron chi connectivity index (χ0n) is 15.6. The number of nitrogens with one attached hydrogen (secondary N) is 1. The summed E-state index contributed by atoms with van der Waals surface area (Å²) in [5.74, 6) is 0.255. The van der Waals surface area contributed by atoms with E-state index in [1.54, 1.807) is 17.5 Å². The van der Waals surface area contributed by atoms with Crippen LogP contribution in [0.2, 0.25) is 0 Å². The normalized spacial score (nSPS) is 15.3. The predicted molar refractivity (Wildman–Crippen MR) is 109 cm³/mol. The van der Waals surface area contributed by atoms with Crippen LogP contribution in [-0.2, 0) is 17.5 Å². The lowest BCUT2D eigenvalue weighted by atomic mass is 10.1. The molecule has 4 rings (SSSR count). The number of ether oxygens (including phenoxy) is 1. The highest BCUT2D eigenvalue weighted by molar-refractivity contribution is 7.14. The Kier molecular flexibility index (Phi) is 6.14. The third kappa shape index (κ3) is 5.04. The molecule has 1 fully saturated rings. The van der Waals surface area contributed by atoms with Crippen molar-refractivity contribution in [3.05, 3.63) is 52.7 Å². The molecule has 0 aliphatic carbocycles. The minimum atomic E-state index is -4.41. The minimum absolute atomic E-state index is 0.359. The molecule has 0 bridgehead atoms. The number of thiophene rings is 1.